The minimum atomic E-state index is -0.698. The maximum Gasteiger partial charge on any atom is 0.343 e. The molecule has 0 aliphatic rings. The van der Waals surface area contributed by atoms with E-state index in [4.69, 9.17) is 19.9 Å². The number of rotatable bonds is 5. The molecule has 0 spiro atoms. The third-order valence-corrected chi connectivity index (χ3v) is 2.96. The van der Waals surface area contributed by atoms with Crippen LogP contribution < -0.4 is 19.9 Å². The van der Waals surface area contributed by atoms with Gasteiger partial charge in [-0.2, -0.15) is 0 Å². The summed E-state index contributed by atoms with van der Waals surface area (Å²) in [5.41, 5.74) is 5.66. The Labute approximate surface area is 127 Å². The predicted octanol–water partition coefficient (Wildman–Crippen LogP) is 2.02. The van der Waals surface area contributed by atoms with Crippen molar-refractivity contribution in [3.63, 3.8) is 0 Å². The number of benzene rings is 2. The number of ether oxygens (including phenoxy) is 3. The van der Waals surface area contributed by atoms with E-state index in [1.807, 2.05) is 0 Å². The van der Waals surface area contributed by atoms with Gasteiger partial charge < -0.3 is 19.9 Å². The fraction of sp³-hybridized carbons (Fsp3) is 0.125. The van der Waals surface area contributed by atoms with Gasteiger partial charge in [0.15, 0.2) is 0 Å². The Hall–Kier alpha value is -3.02. The second-order valence-electron chi connectivity index (χ2n) is 4.35. The van der Waals surface area contributed by atoms with Crippen molar-refractivity contribution in [1.82, 2.24) is 0 Å². The van der Waals surface area contributed by atoms with Crippen LogP contribution in [-0.2, 0) is 0 Å². The summed E-state index contributed by atoms with van der Waals surface area (Å²) in [6, 6.07) is 10.9. The zero-order valence-electron chi connectivity index (χ0n) is 12.2. The van der Waals surface area contributed by atoms with Crippen LogP contribution in [0.4, 0.5) is 0 Å². The van der Waals surface area contributed by atoms with Gasteiger partial charge in [-0.1, -0.05) is 6.07 Å². The summed E-state index contributed by atoms with van der Waals surface area (Å²) in [7, 11) is 2.96. The number of carbonyl (C=O) groups is 2. The zero-order chi connectivity index (χ0) is 16.1. The van der Waals surface area contributed by atoms with Gasteiger partial charge in [-0.3, -0.25) is 4.79 Å². The van der Waals surface area contributed by atoms with Gasteiger partial charge >= 0.3 is 5.97 Å². The van der Waals surface area contributed by atoms with Crippen LogP contribution in [0.15, 0.2) is 42.5 Å². The normalized spacial score (nSPS) is 9.91. The first-order chi connectivity index (χ1) is 10.5. The lowest BCUT2D eigenvalue weighted by Gasteiger charge is -2.10. The van der Waals surface area contributed by atoms with Crippen molar-refractivity contribution in [2.45, 2.75) is 0 Å². The van der Waals surface area contributed by atoms with Crippen LogP contribution in [0.3, 0.4) is 0 Å². The SMILES string of the molecule is COc1cccc(C(=O)Oc2cc(OC)ccc2C(N)=O)c1. The molecule has 0 fully saturated rings. The molecule has 2 N–H and O–H groups in total. The van der Waals surface area contributed by atoms with Crippen LogP contribution in [-0.4, -0.2) is 26.1 Å². The van der Waals surface area contributed by atoms with E-state index < -0.39 is 11.9 Å². The lowest BCUT2D eigenvalue weighted by molar-refractivity contribution is 0.0732. The molecule has 22 heavy (non-hydrogen) atoms. The predicted molar refractivity (Wildman–Crippen MR) is 79.5 cm³/mol. The van der Waals surface area contributed by atoms with Crippen molar-refractivity contribution in [2.75, 3.05) is 14.2 Å². The van der Waals surface area contributed by atoms with E-state index in [0.717, 1.165) is 0 Å². The zero-order valence-corrected chi connectivity index (χ0v) is 12.2. The van der Waals surface area contributed by atoms with Crippen molar-refractivity contribution in [3.05, 3.63) is 53.6 Å². The van der Waals surface area contributed by atoms with Crippen molar-refractivity contribution in [2.24, 2.45) is 5.73 Å². The standard InChI is InChI=1S/C16H15NO5/c1-20-11-5-3-4-10(8-11)16(19)22-14-9-12(21-2)6-7-13(14)15(17)18/h3-9H,1-2H3,(H2,17,18). The molecule has 6 heteroatoms. The molecule has 2 rings (SSSR count). The smallest absolute Gasteiger partial charge is 0.343 e. The first-order valence-electron chi connectivity index (χ1n) is 6.39. The first-order valence-corrected chi connectivity index (χ1v) is 6.39. The molecule has 0 aromatic heterocycles. The average molecular weight is 301 g/mol. The van der Waals surface area contributed by atoms with Crippen LogP contribution in [0.5, 0.6) is 17.2 Å². The molecule has 0 aliphatic carbocycles. The number of methoxy groups -OCH3 is 2. The monoisotopic (exact) mass is 301 g/mol. The van der Waals surface area contributed by atoms with Gasteiger partial charge in [0.05, 0.1) is 25.3 Å². The van der Waals surface area contributed by atoms with Crippen LogP contribution in [0, 0.1) is 0 Å². The van der Waals surface area contributed by atoms with E-state index >= 15 is 0 Å². The van der Waals surface area contributed by atoms with Crippen LogP contribution in [0.2, 0.25) is 0 Å². The number of carbonyl (C=O) groups excluding carboxylic acids is 2. The van der Waals surface area contributed by atoms with Gasteiger partial charge in [0.2, 0.25) is 0 Å². The lowest BCUT2D eigenvalue weighted by atomic mass is 10.1. The molecule has 2 aromatic rings. The van der Waals surface area contributed by atoms with Crippen molar-refractivity contribution in [3.8, 4) is 17.2 Å². The van der Waals surface area contributed by atoms with Crippen LogP contribution in [0.1, 0.15) is 20.7 Å². The Morgan fingerprint density at radius 3 is 2.27 bits per heavy atom. The molecule has 114 valence electrons. The number of hydrogen-bond acceptors (Lipinski definition) is 5. The summed E-state index contributed by atoms with van der Waals surface area (Å²) >= 11 is 0. The highest BCUT2D eigenvalue weighted by atomic mass is 16.5. The average Bonchev–Trinajstić information content (AvgIpc) is 2.54. The van der Waals surface area contributed by atoms with E-state index in [1.165, 1.54) is 32.4 Å². The molecule has 0 bridgehead atoms. The molecule has 0 saturated heterocycles. The van der Waals surface area contributed by atoms with Gasteiger partial charge in [0.1, 0.15) is 17.2 Å². The van der Waals surface area contributed by atoms with E-state index in [0.29, 0.717) is 11.5 Å². The minimum Gasteiger partial charge on any atom is -0.497 e. The quantitative estimate of drug-likeness (QED) is 0.674. The molecule has 2 aromatic carbocycles. The topological polar surface area (TPSA) is 87.8 Å². The van der Waals surface area contributed by atoms with Gasteiger partial charge in [-0.25, -0.2) is 4.79 Å². The van der Waals surface area contributed by atoms with Gasteiger partial charge in [-0.05, 0) is 30.3 Å². The Morgan fingerprint density at radius 2 is 1.64 bits per heavy atom. The molecule has 1 amide bonds. The van der Waals surface area contributed by atoms with Crippen LogP contribution >= 0.6 is 0 Å². The number of primary amides is 1. The van der Waals surface area contributed by atoms with Crippen molar-refractivity contribution < 1.29 is 23.8 Å². The number of esters is 1. The highest BCUT2D eigenvalue weighted by Gasteiger charge is 2.16. The first kappa shape index (κ1) is 15.4. The van der Waals surface area contributed by atoms with E-state index in [9.17, 15) is 9.59 Å². The maximum absolute atomic E-state index is 12.2. The van der Waals surface area contributed by atoms with Crippen molar-refractivity contribution in [1.29, 1.82) is 0 Å². The summed E-state index contributed by atoms with van der Waals surface area (Å²) in [6.07, 6.45) is 0. The number of hydrogen-bond donors (Lipinski definition) is 1. The van der Waals surface area contributed by atoms with Crippen LogP contribution in [0.25, 0.3) is 0 Å². The highest BCUT2D eigenvalue weighted by molar-refractivity contribution is 5.98. The molecular formula is C16H15NO5. The van der Waals surface area contributed by atoms with Gasteiger partial charge in [0, 0.05) is 6.07 Å². The second kappa shape index (κ2) is 6.62. The maximum atomic E-state index is 12.2. The van der Waals surface area contributed by atoms with E-state index in [-0.39, 0.29) is 16.9 Å². The molecule has 0 aliphatic heterocycles. The lowest BCUT2D eigenvalue weighted by Crippen LogP contribution is -2.16. The third-order valence-electron chi connectivity index (χ3n) is 2.96. The Bertz CT molecular complexity index is 711. The molecule has 0 radical (unpaired) electrons. The summed E-state index contributed by atoms with van der Waals surface area (Å²) in [5, 5.41) is 0. The molecular weight excluding hydrogens is 286 g/mol. The molecule has 0 heterocycles. The fourth-order valence-electron chi connectivity index (χ4n) is 1.83. The largest absolute Gasteiger partial charge is 0.497 e. The molecule has 0 atom stereocenters. The Kier molecular flexibility index (Phi) is 4.63. The summed E-state index contributed by atoms with van der Waals surface area (Å²) < 4.78 is 15.4. The van der Waals surface area contributed by atoms with Gasteiger partial charge in [0.25, 0.3) is 5.91 Å². The summed E-state index contributed by atoms with van der Waals surface area (Å²) in [6.45, 7) is 0. The van der Waals surface area contributed by atoms with Gasteiger partial charge in [-0.15, -0.1) is 0 Å². The Balaban J connectivity index is 2.32. The highest BCUT2D eigenvalue weighted by Crippen LogP contribution is 2.26. The van der Waals surface area contributed by atoms with E-state index in [2.05, 4.69) is 0 Å². The van der Waals surface area contributed by atoms with Crippen molar-refractivity contribution >= 4 is 11.9 Å². The molecule has 0 saturated carbocycles. The molecule has 0 unspecified atom stereocenters. The summed E-state index contributed by atoms with van der Waals surface area (Å²) in [5.74, 6) is -0.320. The fourth-order valence-corrected chi connectivity index (χ4v) is 1.83. The second-order valence-corrected chi connectivity index (χ2v) is 4.35. The third kappa shape index (κ3) is 3.35. The minimum absolute atomic E-state index is 0.0414. The van der Waals surface area contributed by atoms with E-state index in [1.54, 1.807) is 24.3 Å². The Morgan fingerprint density at radius 1 is 0.955 bits per heavy atom. The number of nitrogens with two attached hydrogens (primary N) is 1. The number of amides is 1. The molecule has 6 nitrogen and oxygen atoms in total. The summed E-state index contributed by atoms with van der Waals surface area (Å²) in [4.78, 5) is 23.6.